The SMILES string of the molecule is O=C1CN(Cc2cccnc2)Cc2cc(CCCO)ccc2OCCCCCN1. The highest BCUT2D eigenvalue weighted by molar-refractivity contribution is 5.78. The van der Waals surface area contributed by atoms with Crippen molar-refractivity contribution < 1.29 is 14.6 Å². The number of carbonyl (C=O) groups is 1. The number of nitrogens with one attached hydrogen (secondary N) is 1. The Kier molecular flexibility index (Phi) is 8.46. The molecule has 1 aliphatic rings. The highest BCUT2D eigenvalue weighted by Gasteiger charge is 2.16. The lowest BCUT2D eigenvalue weighted by Gasteiger charge is -2.23. The molecule has 0 atom stereocenters. The molecule has 0 radical (unpaired) electrons. The van der Waals surface area contributed by atoms with E-state index in [0.717, 1.165) is 49.0 Å². The zero-order valence-corrected chi connectivity index (χ0v) is 17.0. The Balaban J connectivity index is 1.84. The van der Waals surface area contributed by atoms with Gasteiger partial charge in [0.15, 0.2) is 0 Å². The van der Waals surface area contributed by atoms with E-state index >= 15 is 0 Å². The van der Waals surface area contributed by atoms with E-state index in [4.69, 9.17) is 9.84 Å². The van der Waals surface area contributed by atoms with Gasteiger partial charge >= 0.3 is 0 Å². The first-order valence-corrected chi connectivity index (χ1v) is 10.5. The number of aryl methyl sites for hydroxylation is 1. The van der Waals surface area contributed by atoms with Crippen molar-refractivity contribution in [2.24, 2.45) is 0 Å². The molecule has 3 rings (SSSR count). The molecule has 0 saturated carbocycles. The van der Waals surface area contributed by atoms with Crippen molar-refractivity contribution >= 4 is 5.91 Å². The molecule has 0 fully saturated rings. The lowest BCUT2D eigenvalue weighted by molar-refractivity contribution is -0.122. The maximum atomic E-state index is 12.5. The standard InChI is InChI=1S/C23H31N3O3/c27-12-5-7-19-8-9-22-21(14-19)17-26(16-20-6-4-10-24-15-20)18-23(28)25-11-2-1-3-13-29-22/h4,6,8-10,14-15,27H,1-3,5,7,11-13,16-18H2,(H,25,28). The number of pyridine rings is 1. The Morgan fingerprint density at radius 3 is 2.90 bits per heavy atom. The number of nitrogens with zero attached hydrogens (tertiary/aromatic N) is 2. The molecule has 6 heteroatoms. The second-order valence-electron chi connectivity index (χ2n) is 7.53. The Morgan fingerprint density at radius 2 is 2.07 bits per heavy atom. The summed E-state index contributed by atoms with van der Waals surface area (Å²) in [6, 6.07) is 10.2. The fraction of sp³-hybridized carbons (Fsp3) is 0.478. The molecule has 2 heterocycles. The van der Waals surface area contributed by atoms with Crippen LogP contribution in [0.4, 0.5) is 0 Å². The molecule has 0 saturated heterocycles. The summed E-state index contributed by atoms with van der Waals surface area (Å²) in [5, 5.41) is 12.2. The van der Waals surface area contributed by atoms with Crippen molar-refractivity contribution in [3.63, 3.8) is 0 Å². The van der Waals surface area contributed by atoms with Crippen molar-refractivity contribution in [3.05, 3.63) is 59.4 Å². The van der Waals surface area contributed by atoms with E-state index in [9.17, 15) is 4.79 Å². The average Bonchev–Trinajstić information content (AvgIpc) is 2.74. The quantitative estimate of drug-likeness (QED) is 0.811. The molecule has 156 valence electrons. The summed E-state index contributed by atoms with van der Waals surface area (Å²) in [7, 11) is 0. The number of hydrogen-bond donors (Lipinski definition) is 2. The third-order valence-corrected chi connectivity index (χ3v) is 5.04. The van der Waals surface area contributed by atoms with Crippen LogP contribution in [-0.2, 0) is 24.3 Å². The van der Waals surface area contributed by atoms with Crippen LogP contribution in [0.5, 0.6) is 5.75 Å². The minimum absolute atomic E-state index is 0.0482. The highest BCUT2D eigenvalue weighted by atomic mass is 16.5. The van der Waals surface area contributed by atoms with Crippen LogP contribution in [0.25, 0.3) is 0 Å². The van der Waals surface area contributed by atoms with Crippen molar-refractivity contribution in [1.82, 2.24) is 15.2 Å². The van der Waals surface area contributed by atoms with Crippen molar-refractivity contribution in [2.75, 3.05) is 26.3 Å². The second kappa shape index (κ2) is 11.5. The van der Waals surface area contributed by atoms with Crippen LogP contribution >= 0.6 is 0 Å². The number of amides is 1. The summed E-state index contributed by atoms with van der Waals surface area (Å²) >= 11 is 0. The maximum Gasteiger partial charge on any atom is 0.234 e. The molecule has 1 aliphatic heterocycles. The highest BCUT2D eigenvalue weighted by Crippen LogP contribution is 2.24. The zero-order chi connectivity index (χ0) is 20.3. The van der Waals surface area contributed by atoms with E-state index < -0.39 is 0 Å². The van der Waals surface area contributed by atoms with Crippen LogP contribution in [0.3, 0.4) is 0 Å². The number of fused-ring (bicyclic) bond motifs is 1. The number of ether oxygens (including phenoxy) is 1. The monoisotopic (exact) mass is 397 g/mol. The minimum atomic E-state index is 0.0482. The topological polar surface area (TPSA) is 74.7 Å². The summed E-state index contributed by atoms with van der Waals surface area (Å²) in [4.78, 5) is 18.8. The predicted molar refractivity (Wildman–Crippen MR) is 113 cm³/mol. The Labute approximate surface area is 172 Å². The Hall–Kier alpha value is -2.44. The molecular weight excluding hydrogens is 366 g/mol. The van der Waals surface area contributed by atoms with Gasteiger partial charge in [0.2, 0.25) is 5.91 Å². The van der Waals surface area contributed by atoms with E-state index in [1.54, 1.807) is 6.20 Å². The third-order valence-electron chi connectivity index (χ3n) is 5.04. The second-order valence-corrected chi connectivity index (χ2v) is 7.53. The van der Waals surface area contributed by atoms with Crippen molar-refractivity contribution in [2.45, 2.75) is 45.2 Å². The summed E-state index contributed by atoms with van der Waals surface area (Å²) in [5.74, 6) is 0.931. The van der Waals surface area contributed by atoms with Gasteiger partial charge in [0, 0.05) is 44.2 Å². The summed E-state index contributed by atoms with van der Waals surface area (Å²) in [6.07, 6.45) is 8.13. The average molecular weight is 398 g/mol. The molecular formula is C23H31N3O3. The van der Waals surface area contributed by atoms with Crippen LogP contribution in [0.2, 0.25) is 0 Å². The van der Waals surface area contributed by atoms with Crippen LogP contribution in [0.15, 0.2) is 42.7 Å². The number of benzene rings is 1. The number of aliphatic hydroxyl groups is 1. The van der Waals surface area contributed by atoms with Gasteiger partial charge in [-0.3, -0.25) is 14.7 Å². The Bertz CT molecular complexity index is 767. The van der Waals surface area contributed by atoms with Crippen molar-refractivity contribution in [1.29, 1.82) is 0 Å². The summed E-state index contributed by atoms with van der Waals surface area (Å²) in [6.45, 7) is 3.15. The largest absolute Gasteiger partial charge is 0.493 e. The van der Waals surface area contributed by atoms with Gasteiger partial charge in [0.25, 0.3) is 0 Å². The van der Waals surface area contributed by atoms with E-state index in [-0.39, 0.29) is 12.5 Å². The summed E-state index contributed by atoms with van der Waals surface area (Å²) < 4.78 is 6.09. The minimum Gasteiger partial charge on any atom is -0.493 e. The van der Waals surface area contributed by atoms with Gasteiger partial charge in [-0.25, -0.2) is 0 Å². The molecule has 1 aromatic carbocycles. The molecule has 1 amide bonds. The smallest absolute Gasteiger partial charge is 0.234 e. The van der Waals surface area contributed by atoms with Crippen molar-refractivity contribution in [3.8, 4) is 5.75 Å². The van der Waals surface area contributed by atoms with E-state index in [1.165, 1.54) is 5.56 Å². The number of rotatable bonds is 5. The molecule has 0 spiro atoms. The molecule has 29 heavy (non-hydrogen) atoms. The summed E-state index contributed by atoms with van der Waals surface area (Å²) in [5.41, 5.74) is 3.33. The number of hydrogen-bond acceptors (Lipinski definition) is 5. The Morgan fingerprint density at radius 1 is 1.14 bits per heavy atom. The van der Waals surface area contributed by atoms with Crippen LogP contribution in [-0.4, -0.2) is 47.2 Å². The third kappa shape index (κ3) is 7.15. The van der Waals surface area contributed by atoms with E-state index in [2.05, 4.69) is 27.3 Å². The van der Waals surface area contributed by atoms with Gasteiger partial charge in [-0.2, -0.15) is 0 Å². The first-order valence-electron chi connectivity index (χ1n) is 10.5. The maximum absolute atomic E-state index is 12.5. The van der Waals surface area contributed by atoms with Gasteiger partial charge in [-0.1, -0.05) is 18.2 Å². The van der Waals surface area contributed by atoms with Crippen LogP contribution in [0, 0.1) is 0 Å². The van der Waals surface area contributed by atoms with Gasteiger partial charge in [-0.05, 0) is 55.4 Å². The lowest BCUT2D eigenvalue weighted by atomic mass is 10.0. The normalized spacial score (nSPS) is 16.5. The number of aromatic nitrogens is 1. The van der Waals surface area contributed by atoms with Gasteiger partial charge in [-0.15, -0.1) is 0 Å². The number of carbonyl (C=O) groups excluding carboxylic acids is 1. The van der Waals surface area contributed by atoms with Crippen LogP contribution in [0.1, 0.15) is 42.4 Å². The predicted octanol–water partition coefficient (Wildman–Crippen LogP) is 2.69. The molecule has 2 N–H and O–H groups in total. The first-order chi connectivity index (χ1) is 14.2. The van der Waals surface area contributed by atoms with Gasteiger partial charge < -0.3 is 15.2 Å². The van der Waals surface area contributed by atoms with E-state index in [1.807, 2.05) is 24.4 Å². The molecule has 0 aliphatic carbocycles. The molecule has 0 bridgehead atoms. The van der Waals surface area contributed by atoms with Crippen LogP contribution < -0.4 is 10.1 Å². The molecule has 0 unspecified atom stereocenters. The number of aliphatic hydroxyl groups excluding tert-OH is 1. The fourth-order valence-electron chi connectivity index (χ4n) is 3.57. The zero-order valence-electron chi connectivity index (χ0n) is 17.0. The molecule has 6 nitrogen and oxygen atoms in total. The van der Waals surface area contributed by atoms with Gasteiger partial charge in [0.05, 0.1) is 13.2 Å². The molecule has 2 aromatic rings. The lowest BCUT2D eigenvalue weighted by Crippen LogP contribution is -2.37. The first kappa shape index (κ1) is 21.3. The van der Waals surface area contributed by atoms with E-state index in [0.29, 0.717) is 32.8 Å². The fourth-order valence-corrected chi connectivity index (χ4v) is 3.57. The molecule has 1 aromatic heterocycles. The van der Waals surface area contributed by atoms with Gasteiger partial charge in [0.1, 0.15) is 5.75 Å².